The quantitative estimate of drug-likeness (QED) is 0.552. The Balaban J connectivity index is 1.68. The van der Waals surface area contributed by atoms with Crippen LogP contribution in [0, 0.1) is 5.21 Å². The average Bonchev–Trinajstić information content (AvgIpc) is 2.79. The van der Waals surface area contributed by atoms with Crippen molar-refractivity contribution in [1.82, 2.24) is 5.32 Å². The van der Waals surface area contributed by atoms with E-state index in [1.165, 1.54) is 30.5 Å². The van der Waals surface area contributed by atoms with Crippen molar-refractivity contribution < 1.29 is 14.8 Å². The van der Waals surface area contributed by atoms with Crippen LogP contribution in [0.25, 0.3) is 6.08 Å². The Bertz CT molecular complexity index is 925. The topological polar surface area (TPSA) is 117 Å². The van der Waals surface area contributed by atoms with Crippen molar-refractivity contribution in [1.29, 1.82) is 0 Å². The normalized spacial score (nSPS) is 15.8. The number of rotatable bonds is 4. The number of benzene rings is 2. The van der Waals surface area contributed by atoms with Crippen molar-refractivity contribution >= 4 is 52.8 Å². The van der Waals surface area contributed by atoms with Gasteiger partial charge in [-0.15, -0.1) is 0 Å². The van der Waals surface area contributed by atoms with E-state index in [2.05, 4.69) is 15.6 Å². The number of amides is 2. The Morgan fingerprint density at radius 3 is 2.74 bits per heavy atom. The molecule has 0 aliphatic carbocycles. The first-order valence-corrected chi connectivity index (χ1v) is 8.19. The lowest BCUT2D eigenvalue weighted by Crippen LogP contribution is -2.43. The fourth-order valence-corrected chi connectivity index (χ4v) is 2.46. The average molecular weight is 386 g/mol. The maximum Gasteiger partial charge on any atom is 0.252 e. The van der Waals surface area contributed by atoms with Gasteiger partial charge in [0.15, 0.2) is 0 Å². The molecule has 0 saturated carbocycles. The SMILES string of the molecule is O=C(/C=C/c1ccc(Cl)cc1)NC1C=Nc2ccc(N([O-])O)cc2NC1=O. The van der Waals surface area contributed by atoms with Crippen molar-refractivity contribution in [3.05, 3.63) is 64.3 Å². The van der Waals surface area contributed by atoms with Crippen LogP contribution < -0.4 is 15.9 Å². The summed E-state index contributed by atoms with van der Waals surface area (Å²) < 4.78 is 0. The van der Waals surface area contributed by atoms with E-state index < -0.39 is 17.9 Å². The number of nitrogens with zero attached hydrogens (tertiary/aromatic N) is 2. The third-order valence-electron chi connectivity index (χ3n) is 3.70. The Kier molecular flexibility index (Phi) is 5.51. The summed E-state index contributed by atoms with van der Waals surface area (Å²) >= 11 is 5.80. The largest absolute Gasteiger partial charge is 0.733 e. The molecule has 9 heteroatoms. The predicted octanol–water partition coefficient (Wildman–Crippen LogP) is 2.89. The van der Waals surface area contributed by atoms with Gasteiger partial charge in [-0.1, -0.05) is 23.7 Å². The lowest BCUT2D eigenvalue weighted by atomic mass is 10.2. The van der Waals surface area contributed by atoms with Gasteiger partial charge in [-0.05, 0) is 42.0 Å². The molecule has 3 N–H and O–H groups in total. The van der Waals surface area contributed by atoms with E-state index in [0.29, 0.717) is 10.7 Å². The van der Waals surface area contributed by atoms with Crippen molar-refractivity contribution in [2.75, 3.05) is 10.5 Å². The van der Waals surface area contributed by atoms with Gasteiger partial charge < -0.3 is 21.1 Å². The van der Waals surface area contributed by atoms with Gasteiger partial charge in [0, 0.05) is 17.3 Å². The Morgan fingerprint density at radius 1 is 1.30 bits per heavy atom. The van der Waals surface area contributed by atoms with Gasteiger partial charge in [-0.2, -0.15) is 0 Å². The highest BCUT2D eigenvalue weighted by Gasteiger charge is 2.22. The van der Waals surface area contributed by atoms with E-state index in [4.69, 9.17) is 16.8 Å². The van der Waals surface area contributed by atoms with Crippen LogP contribution in [0.3, 0.4) is 0 Å². The van der Waals surface area contributed by atoms with Gasteiger partial charge in [-0.3, -0.25) is 19.8 Å². The third kappa shape index (κ3) is 4.70. The van der Waals surface area contributed by atoms with E-state index >= 15 is 0 Å². The zero-order valence-corrected chi connectivity index (χ0v) is 14.6. The molecule has 3 rings (SSSR count). The van der Waals surface area contributed by atoms with Gasteiger partial charge in [0.1, 0.15) is 6.04 Å². The molecular weight excluding hydrogens is 372 g/mol. The number of nitrogens with one attached hydrogen (secondary N) is 2. The lowest BCUT2D eigenvalue weighted by Gasteiger charge is -2.22. The summed E-state index contributed by atoms with van der Waals surface area (Å²) in [6.07, 6.45) is 4.17. The smallest absolute Gasteiger partial charge is 0.252 e. The molecule has 2 aromatic carbocycles. The van der Waals surface area contributed by atoms with Crippen molar-refractivity contribution in [3.63, 3.8) is 0 Å². The van der Waals surface area contributed by atoms with Crippen molar-refractivity contribution in [2.24, 2.45) is 4.99 Å². The van der Waals surface area contributed by atoms with E-state index in [9.17, 15) is 14.8 Å². The van der Waals surface area contributed by atoms with Gasteiger partial charge in [0.25, 0.3) is 5.91 Å². The molecule has 1 unspecified atom stereocenters. The highest BCUT2D eigenvalue weighted by Crippen LogP contribution is 2.30. The predicted molar refractivity (Wildman–Crippen MR) is 103 cm³/mol. The number of fused-ring (bicyclic) bond motifs is 1. The number of carbonyl (C=O) groups is 2. The first-order chi connectivity index (χ1) is 12.9. The molecule has 1 aliphatic heterocycles. The van der Waals surface area contributed by atoms with Crippen molar-refractivity contribution in [2.45, 2.75) is 6.04 Å². The second-order valence-corrected chi connectivity index (χ2v) is 6.05. The van der Waals surface area contributed by atoms with Crippen molar-refractivity contribution in [3.8, 4) is 0 Å². The lowest BCUT2D eigenvalue weighted by molar-refractivity contribution is -0.122. The number of hydrogen-bond donors (Lipinski definition) is 3. The summed E-state index contributed by atoms with van der Waals surface area (Å²) in [5.74, 6) is -1.01. The van der Waals surface area contributed by atoms with Gasteiger partial charge >= 0.3 is 0 Å². The summed E-state index contributed by atoms with van der Waals surface area (Å²) in [7, 11) is 0. The Hall–Kier alpha value is -3.20. The molecule has 2 aromatic rings. The van der Waals surface area contributed by atoms with Gasteiger partial charge in [0.05, 0.1) is 17.1 Å². The summed E-state index contributed by atoms with van der Waals surface area (Å²) in [6, 6.07) is 10.00. The van der Waals surface area contributed by atoms with Crippen LogP contribution in [0.2, 0.25) is 5.02 Å². The van der Waals surface area contributed by atoms with Gasteiger partial charge in [-0.25, -0.2) is 0 Å². The fraction of sp³-hybridized carbons (Fsp3) is 0.0556. The minimum absolute atomic E-state index is 0.0577. The molecule has 1 atom stereocenters. The molecule has 2 amide bonds. The highest BCUT2D eigenvalue weighted by molar-refractivity contribution is 6.30. The molecule has 0 fully saturated rings. The third-order valence-corrected chi connectivity index (χ3v) is 3.95. The zero-order valence-electron chi connectivity index (χ0n) is 13.8. The summed E-state index contributed by atoms with van der Waals surface area (Å²) in [5, 5.41) is 25.3. The molecule has 0 aromatic heterocycles. The summed E-state index contributed by atoms with van der Waals surface area (Å²) in [4.78, 5) is 28.5. The molecular formula is C18H14ClN4O4-. The number of carbonyl (C=O) groups excluding carboxylic acids is 2. The summed E-state index contributed by atoms with van der Waals surface area (Å²) in [6.45, 7) is 0. The van der Waals surface area contributed by atoms with Crippen LogP contribution in [-0.4, -0.2) is 29.3 Å². The van der Waals surface area contributed by atoms with Crippen LogP contribution in [0.1, 0.15) is 5.56 Å². The number of anilines is 2. The van der Waals surface area contributed by atoms with Crippen LogP contribution in [0.15, 0.2) is 53.5 Å². The minimum Gasteiger partial charge on any atom is -0.733 e. The molecule has 27 heavy (non-hydrogen) atoms. The van der Waals surface area contributed by atoms with E-state index in [0.717, 1.165) is 5.56 Å². The molecule has 0 bridgehead atoms. The minimum atomic E-state index is -0.999. The molecule has 0 spiro atoms. The fourth-order valence-electron chi connectivity index (χ4n) is 2.34. The van der Waals surface area contributed by atoms with E-state index in [1.54, 1.807) is 30.3 Å². The molecule has 0 saturated heterocycles. The first kappa shape index (κ1) is 18.6. The maximum atomic E-state index is 12.3. The van der Waals surface area contributed by atoms with Crippen LogP contribution in [-0.2, 0) is 9.59 Å². The molecule has 1 heterocycles. The molecule has 0 radical (unpaired) electrons. The number of aliphatic imine (C=N–C) groups is 1. The highest BCUT2D eigenvalue weighted by atomic mass is 35.5. The molecule has 1 aliphatic rings. The standard InChI is InChI=1S/C18H14ClN4O4/c19-12-4-1-11(2-5-12)3-8-17(24)21-16-10-20-14-7-6-13(23(26)27)9-15(14)22-18(16)25/h1-10,16,26H,(H,21,24)(H,22,25)/q-1/b8-3+. The monoisotopic (exact) mass is 385 g/mol. The second kappa shape index (κ2) is 8.00. The Labute approximate surface area is 159 Å². The van der Waals surface area contributed by atoms with Crippen LogP contribution >= 0.6 is 11.6 Å². The molecule has 8 nitrogen and oxygen atoms in total. The Morgan fingerprint density at radius 2 is 2.04 bits per heavy atom. The van der Waals surface area contributed by atoms with E-state index in [1.807, 2.05) is 0 Å². The number of hydrogen-bond acceptors (Lipinski definition) is 6. The van der Waals surface area contributed by atoms with Gasteiger partial charge in [0.2, 0.25) is 5.91 Å². The number of halogens is 1. The maximum absolute atomic E-state index is 12.3. The van der Waals surface area contributed by atoms with Crippen LogP contribution in [0.5, 0.6) is 0 Å². The second-order valence-electron chi connectivity index (χ2n) is 5.61. The first-order valence-electron chi connectivity index (χ1n) is 7.82. The summed E-state index contributed by atoms with van der Waals surface area (Å²) in [5.41, 5.74) is 1.36. The zero-order chi connectivity index (χ0) is 19.4. The van der Waals surface area contributed by atoms with Crippen LogP contribution in [0.4, 0.5) is 17.1 Å². The molecule has 138 valence electrons. The van der Waals surface area contributed by atoms with E-state index in [-0.39, 0.29) is 16.6 Å².